The van der Waals surface area contributed by atoms with Gasteiger partial charge in [-0.2, -0.15) is 31.4 Å². The number of amides is 1. The summed E-state index contributed by atoms with van der Waals surface area (Å²) in [6.07, 6.45) is -7.95. The van der Waals surface area contributed by atoms with E-state index in [2.05, 4.69) is 10.1 Å². The summed E-state index contributed by atoms with van der Waals surface area (Å²) in [5.74, 6) is -2.45. The van der Waals surface area contributed by atoms with Crippen LogP contribution in [0.15, 0.2) is 30.6 Å². The van der Waals surface area contributed by atoms with Crippen LogP contribution in [0.3, 0.4) is 0 Å². The molecule has 11 heteroatoms. The Labute approximate surface area is 118 Å². The molecule has 2 aromatic rings. The van der Waals surface area contributed by atoms with Gasteiger partial charge in [0.05, 0.1) is 6.20 Å². The van der Waals surface area contributed by atoms with Crippen LogP contribution in [0, 0.1) is 0 Å². The SMILES string of the molecule is O=C(NC(F)(F)F)c1ccnn1-c1ncccc1C(F)(F)F. The van der Waals surface area contributed by atoms with Gasteiger partial charge < -0.3 is 0 Å². The summed E-state index contributed by atoms with van der Waals surface area (Å²) >= 11 is 0. The minimum Gasteiger partial charge on any atom is -0.267 e. The Morgan fingerprint density at radius 3 is 2.36 bits per heavy atom. The molecule has 5 nitrogen and oxygen atoms in total. The molecule has 0 spiro atoms. The number of carbonyl (C=O) groups excluding carboxylic acids is 1. The molecule has 2 heterocycles. The van der Waals surface area contributed by atoms with Crippen molar-refractivity contribution in [3.63, 3.8) is 0 Å². The zero-order valence-electron chi connectivity index (χ0n) is 10.4. The van der Waals surface area contributed by atoms with Crippen molar-refractivity contribution in [3.8, 4) is 5.82 Å². The van der Waals surface area contributed by atoms with E-state index in [-0.39, 0.29) is 0 Å². The van der Waals surface area contributed by atoms with Crippen LogP contribution in [0.4, 0.5) is 26.3 Å². The largest absolute Gasteiger partial charge is 0.484 e. The number of halogens is 6. The quantitative estimate of drug-likeness (QED) is 0.682. The van der Waals surface area contributed by atoms with Crippen molar-refractivity contribution >= 4 is 5.91 Å². The molecule has 22 heavy (non-hydrogen) atoms. The number of nitrogens with one attached hydrogen (secondary N) is 1. The lowest BCUT2D eigenvalue weighted by Gasteiger charge is -2.14. The molecule has 0 aliphatic heterocycles. The van der Waals surface area contributed by atoms with Crippen molar-refractivity contribution in [2.45, 2.75) is 12.5 Å². The van der Waals surface area contributed by atoms with Crippen LogP contribution in [0.25, 0.3) is 5.82 Å². The maximum absolute atomic E-state index is 12.9. The van der Waals surface area contributed by atoms with Crippen molar-refractivity contribution in [2.24, 2.45) is 0 Å². The third-order valence-corrected chi connectivity index (χ3v) is 2.42. The van der Waals surface area contributed by atoms with Gasteiger partial charge in [0.2, 0.25) is 0 Å². The van der Waals surface area contributed by atoms with E-state index >= 15 is 0 Å². The minimum atomic E-state index is -5.02. The average molecular weight is 324 g/mol. The van der Waals surface area contributed by atoms with Gasteiger partial charge in [-0.05, 0) is 18.2 Å². The first-order valence-electron chi connectivity index (χ1n) is 5.55. The number of nitrogens with zero attached hydrogens (tertiary/aromatic N) is 3. The number of pyridine rings is 1. The van der Waals surface area contributed by atoms with Gasteiger partial charge in [0.25, 0.3) is 5.91 Å². The molecule has 2 rings (SSSR count). The Bertz CT molecular complexity index is 690. The Morgan fingerprint density at radius 1 is 1.09 bits per heavy atom. The summed E-state index contributed by atoms with van der Waals surface area (Å²) in [5, 5.41) is 4.12. The lowest BCUT2D eigenvalue weighted by atomic mass is 10.2. The zero-order chi connectivity index (χ0) is 16.5. The topological polar surface area (TPSA) is 59.8 Å². The number of hydrogen-bond acceptors (Lipinski definition) is 3. The Hall–Kier alpha value is -2.59. The summed E-state index contributed by atoms with van der Waals surface area (Å²) in [6, 6.07) is 2.52. The molecule has 0 radical (unpaired) electrons. The smallest absolute Gasteiger partial charge is 0.267 e. The molecule has 0 unspecified atom stereocenters. The minimum absolute atomic E-state index is 0.393. The fraction of sp³-hybridized carbons (Fsp3) is 0.182. The standard InChI is InChI=1S/C11H6F6N4O/c12-10(13,14)6-2-1-4-18-8(6)21-7(3-5-19-21)9(22)20-11(15,16)17/h1-5H,(H,20,22). The molecule has 1 N–H and O–H groups in total. The second-order valence-corrected chi connectivity index (χ2v) is 3.95. The number of aromatic nitrogens is 3. The second kappa shape index (κ2) is 5.31. The van der Waals surface area contributed by atoms with Crippen LogP contribution in [0.5, 0.6) is 0 Å². The summed E-state index contributed by atoms with van der Waals surface area (Å²) in [7, 11) is 0. The number of carbonyl (C=O) groups is 1. The summed E-state index contributed by atoms with van der Waals surface area (Å²) < 4.78 is 75.5. The van der Waals surface area contributed by atoms with Gasteiger partial charge in [0.1, 0.15) is 11.3 Å². The zero-order valence-corrected chi connectivity index (χ0v) is 10.4. The van der Waals surface area contributed by atoms with Gasteiger partial charge in [0.15, 0.2) is 5.82 Å². The highest BCUT2D eigenvalue weighted by molar-refractivity contribution is 5.93. The van der Waals surface area contributed by atoms with Crippen molar-refractivity contribution in [1.29, 1.82) is 0 Å². The third-order valence-electron chi connectivity index (χ3n) is 2.42. The molecule has 2 aromatic heterocycles. The molecule has 1 amide bonds. The predicted molar refractivity (Wildman–Crippen MR) is 59.9 cm³/mol. The van der Waals surface area contributed by atoms with Gasteiger partial charge >= 0.3 is 12.5 Å². The van der Waals surface area contributed by atoms with E-state index in [0.29, 0.717) is 16.1 Å². The first-order valence-corrected chi connectivity index (χ1v) is 5.55. The van der Waals surface area contributed by atoms with E-state index in [0.717, 1.165) is 24.5 Å². The fourth-order valence-electron chi connectivity index (χ4n) is 1.62. The highest BCUT2D eigenvalue weighted by atomic mass is 19.4. The molecule has 0 aliphatic carbocycles. The van der Waals surface area contributed by atoms with E-state index in [1.807, 2.05) is 0 Å². The van der Waals surface area contributed by atoms with Crippen LogP contribution in [0.1, 0.15) is 16.1 Å². The molecular weight excluding hydrogens is 318 g/mol. The van der Waals surface area contributed by atoms with Crippen molar-refractivity contribution < 1.29 is 31.1 Å². The van der Waals surface area contributed by atoms with Gasteiger partial charge in [-0.25, -0.2) is 9.67 Å². The van der Waals surface area contributed by atoms with E-state index in [4.69, 9.17) is 0 Å². The van der Waals surface area contributed by atoms with Crippen molar-refractivity contribution in [3.05, 3.63) is 41.9 Å². The lowest BCUT2D eigenvalue weighted by molar-refractivity contribution is -0.147. The molecule has 0 aromatic carbocycles. The number of hydrogen-bond donors (Lipinski definition) is 1. The monoisotopic (exact) mass is 324 g/mol. The molecule has 0 bridgehead atoms. The summed E-state index contributed by atoms with van der Waals surface area (Å²) in [4.78, 5) is 14.9. The molecule has 118 valence electrons. The number of rotatable bonds is 2. The summed E-state index contributed by atoms with van der Waals surface area (Å²) in [5.41, 5.74) is -1.97. The van der Waals surface area contributed by atoms with Crippen LogP contribution >= 0.6 is 0 Å². The summed E-state index contributed by atoms with van der Waals surface area (Å²) in [6.45, 7) is 0. The van der Waals surface area contributed by atoms with Crippen molar-refractivity contribution in [2.75, 3.05) is 0 Å². The first kappa shape index (κ1) is 15.8. The van der Waals surface area contributed by atoms with Crippen LogP contribution in [-0.2, 0) is 6.18 Å². The van der Waals surface area contributed by atoms with Gasteiger partial charge in [-0.1, -0.05) is 0 Å². The van der Waals surface area contributed by atoms with Gasteiger partial charge in [0, 0.05) is 6.20 Å². The lowest BCUT2D eigenvalue weighted by Crippen LogP contribution is -2.38. The molecule has 0 aliphatic rings. The molecular formula is C11H6F6N4O. The Balaban J connectivity index is 2.49. The maximum Gasteiger partial charge on any atom is 0.484 e. The van der Waals surface area contributed by atoms with E-state index < -0.39 is 35.5 Å². The van der Waals surface area contributed by atoms with Crippen LogP contribution in [0.2, 0.25) is 0 Å². The molecule has 0 fully saturated rings. The van der Waals surface area contributed by atoms with Crippen LogP contribution in [-0.4, -0.2) is 27.0 Å². The van der Waals surface area contributed by atoms with Gasteiger partial charge in [-0.15, -0.1) is 0 Å². The van der Waals surface area contributed by atoms with Crippen LogP contribution < -0.4 is 5.32 Å². The Morgan fingerprint density at radius 2 is 1.77 bits per heavy atom. The fourth-order valence-corrected chi connectivity index (χ4v) is 1.62. The normalized spacial score (nSPS) is 12.3. The third kappa shape index (κ3) is 3.35. The molecule has 0 saturated heterocycles. The number of alkyl halides is 6. The second-order valence-electron chi connectivity index (χ2n) is 3.95. The highest BCUT2D eigenvalue weighted by Crippen LogP contribution is 2.32. The van der Waals surface area contributed by atoms with Gasteiger partial charge in [-0.3, -0.25) is 10.1 Å². The molecule has 0 saturated carbocycles. The van der Waals surface area contributed by atoms with E-state index in [1.165, 1.54) is 0 Å². The maximum atomic E-state index is 12.9. The highest BCUT2D eigenvalue weighted by Gasteiger charge is 2.36. The van der Waals surface area contributed by atoms with E-state index in [1.54, 1.807) is 0 Å². The molecule has 0 atom stereocenters. The first-order chi connectivity index (χ1) is 10.1. The van der Waals surface area contributed by atoms with E-state index in [9.17, 15) is 31.1 Å². The predicted octanol–water partition coefficient (Wildman–Crippen LogP) is 2.54. The Kier molecular flexibility index (Phi) is 3.81. The average Bonchev–Trinajstić information content (AvgIpc) is 2.84. The van der Waals surface area contributed by atoms with Crippen molar-refractivity contribution in [1.82, 2.24) is 20.1 Å².